The molecule has 7 N–H and O–H groups in total. The van der Waals surface area contributed by atoms with Crippen molar-refractivity contribution in [3.63, 3.8) is 0 Å². The minimum absolute atomic E-state index is 0.0494. The van der Waals surface area contributed by atoms with Crippen molar-refractivity contribution in [3.05, 3.63) is 29.8 Å². The lowest BCUT2D eigenvalue weighted by atomic mass is 10.0. The van der Waals surface area contributed by atoms with Gasteiger partial charge in [0.1, 0.15) is 29.9 Å². The number of hydrogen-bond donors (Lipinski definition) is 7. The van der Waals surface area contributed by atoms with E-state index in [4.69, 9.17) is 5.11 Å². The third kappa shape index (κ3) is 11.0. The van der Waals surface area contributed by atoms with Gasteiger partial charge in [0.2, 0.25) is 29.5 Å². The standard InChI is InChI=1S/C24H35N5O8/c1-12(2)20(24(36)37)29-19(32)11-25-21(33)13(3)26-22(34)14(4)27-23(35)18(28-15(5)30)10-16-6-8-17(31)9-7-16/h6-9,12-14,18,20,31H,10-11H2,1-5H3,(H,25,33)(H,26,34)(H,27,35)(H,28,30)(H,29,32)(H,36,37)/t13-,14-,18-,20-/m0/s1. The van der Waals surface area contributed by atoms with Gasteiger partial charge < -0.3 is 36.8 Å². The van der Waals surface area contributed by atoms with Crippen LogP contribution in [0.15, 0.2) is 24.3 Å². The second-order valence-corrected chi connectivity index (χ2v) is 8.93. The predicted octanol–water partition coefficient (Wildman–Crippen LogP) is -1.21. The third-order valence-corrected chi connectivity index (χ3v) is 5.25. The number of rotatable bonds is 13. The first kappa shape index (κ1) is 30.9. The summed E-state index contributed by atoms with van der Waals surface area (Å²) in [5.74, 6) is -4.67. The fraction of sp³-hybridized carbons (Fsp3) is 0.500. The molecule has 0 saturated heterocycles. The van der Waals surface area contributed by atoms with E-state index in [1.807, 2.05) is 0 Å². The van der Waals surface area contributed by atoms with Crippen LogP contribution >= 0.6 is 0 Å². The molecule has 0 aliphatic carbocycles. The number of aliphatic carboxylic acids is 1. The van der Waals surface area contributed by atoms with E-state index in [1.165, 1.54) is 32.9 Å². The van der Waals surface area contributed by atoms with Crippen LogP contribution in [0, 0.1) is 5.92 Å². The lowest BCUT2D eigenvalue weighted by Crippen LogP contribution is -2.56. The Labute approximate surface area is 214 Å². The van der Waals surface area contributed by atoms with E-state index in [1.54, 1.807) is 26.0 Å². The Bertz CT molecular complexity index is 995. The highest BCUT2D eigenvalue weighted by Crippen LogP contribution is 2.11. The van der Waals surface area contributed by atoms with Gasteiger partial charge in [-0.1, -0.05) is 26.0 Å². The van der Waals surface area contributed by atoms with Gasteiger partial charge >= 0.3 is 5.97 Å². The lowest BCUT2D eigenvalue weighted by molar-refractivity contribution is -0.143. The van der Waals surface area contributed by atoms with Crippen LogP contribution in [0.4, 0.5) is 0 Å². The van der Waals surface area contributed by atoms with Crippen LogP contribution in [0.25, 0.3) is 0 Å². The Morgan fingerprint density at radius 2 is 1.32 bits per heavy atom. The molecule has 0 aliphatic heterocycles. The normalized spacial score (nSPS) is 13.9. The molecule has 1 aromatic carbocycles. The summed E-state index contributed by atoms with van der Waals surface area (Å²) >= 11 is 0. The molecule has 0 heterocycles. The lowest BCUT2D eigenvalue weighted by Gasteiger charge is -2.22. The van der Waals surface area contributed by atoms with Crippen LogP contribution in [0.2, 0.25) is 0 Å². The minimum atomic E-state index is -1.20. The summed E-state index contributed by atoms with van der Waals surface area (Å²) in [4.78, 5) is 72.2. The van der Waals surface area contributed by atoms with Gasteiger partial charge in [0.25, 0.3) is 0 Å². The first-order valence-electron chi connectivity index (χ1n) is 11.7. The van der Waals surface area contributed by atoms with Crippen LogP contribution < -0.4 is 26.6 Å². The quantitative estimate of drug-likeness (QED) is 0.167. The topological polar surface area (TPSA) is 203 Å². The summed E-state index contributed by atoms with van der Waals surface area (Å²) in [5, 5.41) is 30.6. The Hall–Kier alpha value is -4.16. The van der Waals surface area contributed by atoms with Gasteiger partial charge in [0, 0.05) is 13.3 Å². The van der Waals surface area contributed by atoms with Gasteiger partial charge in [-0.15, -0.1) is 0 Å². The Morgan fingerprint density at radius 1 is 0.784 bits per heavy atom. The maximum absolute atomic E-state index is 12.7. The van der Waals surface area contributed by atoms with Crippen LogP contribution in [-0.2, 0) is 35.2 Å². The van der Waals surface area contributed by atoms with E-state index in [0.29, 0.717) is 5.56 Å². The average Bonchev–Trinajstić information content (AvgIpc) is 2.80. The molecule has 0 spiro atoms. The second-order valence-electron chi connectivity index (χ2n) is 8.93. The summed E-state index contributed by atoms with van der Waals surface area (Å²) in [6.45, 7) is 6.78. The first-order chi connectivity index (χ1) is 17.2. The fourth-order valence-corrected chi connectivity index (χ4v) is 3.16. The minimum Gasteiger partial charge on any atom is -0.508 e. The van der Waals surface area contributed by atoms with Crippen molar-refractivity contribution < 1.29 is 39.0 Å². The molecule has 204 valence electrons. The molecule has 0 radical (unpaired) electrons. The van der Waals surface area contributed by atoms with Crippen molar-refractivity contribution in [1.82, 2.24) is 26.6 Å². The number of phenolic OH excluding ortho intramolecular Hbond substituents is 1. The van der Waals surface area contributed by atoms with Gasteiger partial charge in [0.15, 0.2) is 0 Å². The predicted molar refractivity (Wildman–Crippen MR) is 132 cm³/mol. The van der Waals surface area contributed by atoms with Crippen molar-refractivity contribution in [1.29, 1.82) is 0 Å². The van der Waals surface area contributed by atoms with Gasteiger partial charge in [-0.25, -0.2) is 4.79 Å². The fourth-order valence-electron chi connectivity index (χ4n) is 3.16. The smallest absolute Gasteiger partial charge is 0.326 e. The molecule has 0 unspecified atom stereocenters. The van der Waals surface area contributed by atoms with Crippen molar-refractivity contribution in [3.8, 4) is 5.75 Å². The molecule has 13 nitrogen and oxygen atoms in total. The maximum Gasteiger partial charge on any atom is 0.326 e. The highest BCUT2D eigenvalue weighted by Gasteiger charge is 2.27. The Balaban J connectivity index is 2.62. The van der Waals surface area contributed by atoms with Crippen LogP contribution in [-0.4, -0.2) is 76.4 Å². The monoisotopic (exact) mass is 521 g/mol. The zero-order valence-electron chi connectivity index (χ0n) is 21.5. The molecule has 0 aliphatic rings. The maximum atomic E-state index is 12.7. The number of hydrogen-bond acceptors (Lipinski definition) is 7. The van der Waals surface area contributed by atoms with Crippen LogP contribution in [0.1, 0.15) is 40.2 Å². The van der Waals surface area contributed by atoms with Crippen molar-refractivity contribution >= 4 is 35.5 Å². The SMILES string of the molecule is CC(=O)N[C@@H](Cc1ccc(O)cc1)C(=O)N[C@@H](C)C(=O)N[C@@H](C)C(=O)NCC(=O)N[C@H](C(=O)O)C(C)C. The summed E-state index contributed by atoms with van der Waals surface area (Å²) in [6.07, 6.45) is 0.112. The zero-order valence-corrected chi connectivity index (χ0v) is 21.5. The van der Waals surface area contributed by atoms with E-state index in [9.17, 15) is 33.9 Å². The number of benzene rings is 1. The summed E-state index contributed by atoms with van der Waals surface area (Å²) < 4.78 is 0. The Morgan fingerprint density at radius 3 is 1.84 bits per heavy atom. The first-order valence-corrected chi connectivity index (χ1v) is 11.7. The molecule has 0 aromatic heterocycles. The molecule has 0 fully saturated rings. The summed E-state index contributed by atoms with van der Waals surface area (Å²) in [7, 11) is 0. The van der Waals surface area contributed by atoms with Gasteiger partial charge in [-0.05, 0) is 37.5 Å². The summed E-state index contributed by atoms with van der Waals surface area (Å²) in [5.41, 5.74) is 0.668. The Kier molecular flexibility index (Phi) is 12.0. The number of carbonyl (C=O) groups is 6. The van der Waals surface area contributed by atoms with Gasteiger partial charge in [-0.3, -0.25) is 24.0 Å². The van der Waals surface area contributed by atoms with E-state index < -0.39 is 66.2 Å². The van der Waals surface area contributed by atoms with Crippen molar-refractivity contribution in [2.24, 2.45) is 5.92 Å². The van der Waals surface area contributed by atoms with Gasteiger partial charge in [0.05, 0.1) is 6.54 Å². The third-order valence-electron chi connectivity index (χ3n) is 5.25. The van der Waals surface area contributed by atoms with Crippen LogP contribution in [0.3, 0.4) is 0 Å². The number of carbonyl (C=O) groups excluding carboxylic acids is 5. The largest absolute Gasteiger partial charge is 0.508 e. The number of carboxylic acid groups (broad SMARTS) is 1. The van der Waals surface area contributed by atoms with E-state index in [0.717, 1.165) is 0 Å². The molecule has 5 amide bonds. The molecule has 0 bridgehead atoms. The highest BCUT2D eigenvalue weighted by atomic mass is 16.4. The zero-order chi connectivity index (χ0) is 28.3. The number of aromatic hydroxyl groups is 1. The molecule has 1 rings (SSSR count). The number of amides is 5. The number of phenols is 1. The summed E-state index contributed by atoms with van der Waals surface area (Å²) in [6, 6.07) is 1.85. The molecule has 1 aromatic rings. The van der Waals surface area contributed by atoms with E-state index in [2.05, 4.69) is 26.6 Å². The van der Waals surface area contributed by atoms with E-state index in [-0.39, 0.29) is 18.1 Å². The molecule has 13 heteroatoms. The van der Waals surface area contributed by atoms with Crippen molar-refractivity contribution in [2.45, 2.75) is 65.2 Å². The average molecular weight is 522 g/mol. The number of carboxylic acids is 1. The highest BCUT2D eigenvalue weighted by molar-refractivity contribution is 5.95. The molecular weight excluding hydrogens is 486 g/mol. The second kappa shape index (κ2) is 14.4. The molecule has 37 heavy (non-hydrogen) atoms. The molecule has 0 saturated carbocycles. The molecular formula is C24H35N5O8. The van der Waals surface area contributed by atoms with Crippen molar-refractivity contribution in [2.75, 3.05) is 6.54 Å². The molecule has 4 atom stereocenters. The number of nitrogens with one attached hydrogen (secondary N) is 5. The van der Waals surface area contributed by atoms with E-state index >= 15 is 0 Å². The van der Waals surface area contributed by atoms with Crippen LogP contribution in [0.5, 0.6) is 5.75 Å². The van der Waals surface area contributed by atoms with Gasteiger partial charge in [-0.2, -0.15) is 0 Å².